The monoisotopic (exact) mass is 249 g/mol. The van der Waals surface area contributed by atoms with Crippen LogP contribution in [-0.2, 0) is 4.79 Å². The molecule has 0 saturated heterocycles. The quantitative estimate of drug-likeness (QED) is 0.474. The van der Waals surface area contributed by atoms with Gasteiger partial charge in [0.05, 0.1) is 0 Å². The fraction of sp³-hybridized carbons (Fsp3) is 0.667. The molecule has 0 aliphatic rings. The minimum absolute atomic E-state index is 0. The fourth-order valence-electron chi connectivity index (χ4n) is 0.0781. The summed E-state index contributed by atoms with van der Waals surface area (Å²) in [5.41, 5.74) is 4.94. The molecule has 0 radical (unpaired) electrons. The van der Waals surface area contributed by atoms with Crippen molar-refractivity contribution in [1.29, 1.82) is 0 Å². The molecule has 0 aliphatic heterocycles. The number of halogens is 1. The van der Waals surface area contributed by atoms with Gasteiger partial charge in [0.15, 0.2) is 0 Å². The second-order valence-electron chi connectivity index (χ2n) is 1.13. The van der Waals surface area contributed by atoms with Gasteiger partial charge in [-0.3, -0.25) is 4.79 Å². The van der Waals surface area contributed by atoms with Crippen LogP contribution < -0.4 is 5.73 Å². The van der Waals surface area contributed by atoms with E-state index >= 15 is 0 Å². The molecule has 8 heavy (non-hydrogen) atoms. The van der Waals surface area contributed by atoms with Crippen LogP contribution in [0.4, 0.5) is 0 Å². The van der Waals surface area contributed by atoms with Gasteiger partial charge in [0.25, 0.3) is 0 Å². The highest BCUT2D eigenvalue weighted by molar-refractivity contribution is 14.0. The second kappa shape index (κ2) is 5.64. The van der Waals surface area contributed by atoms with E-state index in [-0.39, 0.29) is 29.7 Å². The number of aliphatic carboxylic acids is 1. The lowest BCUT2D eigenvalue weighted by atomic mass is 10.4. The van der Waals surface area contributed by atoms with Crippen LogP contribution in [0, 0.1) is 0 Å². The maximum Gasteiger partial charge on any atom is 0.321 e. The van der Waals surface area contributed by atoms with Crippen molar-refractivity contribution in [2.24, 2.45) is 5.73 Å². The molecule has 0 aromatic rings. The minimum atomic E-state index is -1.00. The molecule has 0 fully saturated rings. The van der Waals surface area contributed by atoms with Gasteiger partial charge in [0.1, 0.15) is 6.04 Å². The van der Waals surface area contributed by atoms with Gasteiger partial charge in [-0.1, -0.05) is 0 Å². The SMILES string of the molecule is I.N[C@@H](CS)C(=O)O. The zero-order chi connectivity index (χ0) is 5.86. The van der Waals surface area contributed by atoms with Gasteiger partial charge in [-0.2, -0.15) is 12.6 Å². The molecule has 0 bridgehead atoms. The van der Waals surface area contributed by atoms with Crippen LogP contribution in [-0.4, -0.2) is 22.9 Å². The van der Waals surface area contributed by atoms with Gasteiger partial charge in [-0.05, 0) is 0 Å². The molecule has 5 heteroatoms. The third-order valence-electron chi connectivity index (χ3n) is 0.514. The van der Waals surface area contributed by atoms with Crippen molar-refractivity contribution in [3.63, 3.8) is 0 Å². The Morgan fingerprint density at radius 1 is 1.88 bits per heavy atom. The molecular weight excluding hydrogens is 241 g/mol. The highest BCUT2D eigenvalue weighted by Crippen LogP contribution is 1.80. The molecule has 0 rings (SSSR count). The zero-order valence-corrected chi connectivity index (χ0v) is 7.30. The summed E-state index contributed by atoms with van der Waals surface area (Å²) < 4.78 is 0. The molecule has 0 spiro atoms. The van der Waals surface area contributed by atoms with E-state index in [1.54, 1.807) is 0 Å². The largest absolute Gasteiger partial charge is 0.480 e. The van der Waals surface area contributed by atoms with E-state index in [1.165, 1.54) is 0 Å². The summed E-state index contributed by atoms with van der Waals surface area (Å²) in [6, 6.07) is -0.816. The van der Waals surface area contributed by atoms with Gasteiger partial charge in [-0.25, -0.2) is 0 Å². The van der Waals surface area contributed by atoms with E-state index in [4.69, 9.17) is 10.8 Å². The number of carbonyl (C=O) groups is 1. The molecule has 0 saturated carbocycles. The van der Waals surface area contributed by atoms with Gasteiger partial charge in [-0.15, -0.1) is 24.0 Å². The van der Waals surface area contributed by atoms with E-state index in [2.05, 4.69) is 12.6 Å². The molecule has 3 N–H and O–H groups in total. The average molecular weight is 249 g/mol. The first-order valence-corrected chi connectivity index (χ1v) is 2.41. The maximum absolute atomic E-state index is 9.76. The van der Waals surface area contributed by atoms with Crippen LogP contribution in [0.3, 0.4) is 0 Å². The predicted molar refractivity (Wildman–Crippen MR) is 44.9 cm³/mol. The van der Waals surface area contributed by atoms with Crippen LogP contribution in [0.15, 0.2) is 0 Å². The molecule has 0 amide bonds. The Morgan fingerprint density at radius 2 is 2.25 bits per heavy atom. The molecule has 3 nitrogen and oxygen atoms in total. The van der Waals surface area contributed by atoms with Crippen LogP contribution in [0.1, 0.15) is 0 Å². The number of carboxylic acids is 1. The predicted octanol–water partition coefficient (Wildman–Crippen LogP) is -0.0539. The van der Waals surface area contributed by atoms with Crippen molar-refractivity contribution in [1.82, 2.24) is 0 Å². The second-order valence-corrected chi connectivity index (χ2v) is 1.49. The van der Waals surface area contributed by atoms with E-state index in [1.807, 2.05) is 0 Å². The third-order valence-corrected chi connectivity index (χ3v) is 0.907. The Balaban J connectivity index is 0. The molecule has 0 heterocycles. The minimum Gasteiger partial charge on any atom is -0.480 e. The summed E-state index contributed by atoms with van der Waals surface area (Å²) in [7, 11) is 0. The van der Waals surface area contributed by atoms with E-state index in [0.717, 1.165) is 0 Å². The summed E-state index contributed by atoms with van der Waals surface area (Å²) in [4.78, 5) is 9.76. The summed E-state index contributed by atoms with van der Waals surface area (Å²) in [6.07, 6.45) is 0. The van der Waals surface area contributed by atoms with Gasteiger partial charge in [0.2, 0.25) is 0 Å². The lowest BCUT2D eigenvalue weighted by molar-refractivity contribution is -0.137. The van der Waals surface area contributed by atoms with Crippen LogP contribution in [0.25, 0.3) is 0 Å². The standard InChI is InChI=1S/C3H7NO2S.HI/c4-2(1-7)3(5)6;/h2,7H,1,4H2,(H,5,6);1H/t2-;/m0./s1. The topological polar surface area (TPSA) is 63.3 Å². The summed E-state index contributed by atoms with van der Waals surface area (Å²) in [5, 5.41) is 8.01. The van der Waals surface area contributed by atoms with Gasteiger partial charge < -0.3 is 10.8 Å². The Hall–Kier alpha value is 0.510. The first-order valence-electron chi connectivity index (χ1n) is 1.77. The molecular formula is C3H8INO2S. The van der Waals surface area contributed by atoms with Crippen molar-refractivity contribution < 1.29 is 9.90 Å². The van der Waals surface area contributed by atoms with Crippen LogP contribution >= 0.6 is 36.6 Å². The van der Waals surface area contributed by atoms with Gasteiger partial charge >= 0.3 is 5.97 Å². The Morgan fingerprint density at radius 3 is 2.25 bits per heavy atom. The Kier molecular flexibility index (Phi) is 7.99. The number of hydrogen-bond acceptors (Lipinski definition) is 3. The number of hydrogen-bond donors (Lipinski definition) is 3. The Bertz CT molecular complexity index is 79.7. The third kappa shape index (κ3) is 4.66. The number of thiol groups is 1. The van der Waals surface area contributed by atoms with E-state index in [0.29, 0.717) is 0 Å². The van der Waals surface area contributed by atoms with Crippen molar-refractivity contribution in [2.45, 2.75) is 6.04 Å². The fourth-order valence-corrected chi connectivity index (χ4v) is 0.234. The van der Waals surface area contributed by atoms with E-state index < -0.39 is 12.0 Å². The van der Waals surface area contributed by atoms with Gasteiger partial charge in [0, 0.05) is 5.75 Å². The highest BCUT2D eigenvalue weighted by Gasteiger charge is 2.06. The summed E-state index contributed by atoms with van der Waals surface area (Å²) in [5.74, 6) is -0.815. The smallest absolute Gasteiger partial charge is 0.321 e. The average Bonchev–Trinajstić information content (AvgIpc) is 1.65. The number of carboxylic acid groups (broad SMARTS) is 1. The van der Waals surface area contributed by atoms with Crippen molar-refractivity contribution in [2.75, 3.05) is 5.75 Å². The summed E-state index contributed by atoms with van der Waals surface area (Å²) in [6.45, 7) is 0. The molecule has 0 aromatic carbocycles. The lowest BCUT2D eigenvalue weighted by Crippen LogP contribution is -2.31. The first-order chi connectivity index (χ1) is 3.18. The lowest BCUT2D eigenvalue weighted by Gasteiger charge is -1.96. The highest BCUT2D eigenvalue weighted by atomic mass is 127. The van der Waals surface area contributed by atoms with E-state index in [9.17, 15) is 4.79 Å². The number of rotatable bonds is 2. The molecule has 0 unspecified atom stereocenters. The molecule has 0 aromatic heterocycles. The zero-order valence-electron chi connectivity index (χ0n) is 4.07. The van der Waals surface area contributed by atoms with Crippen molar-refractivity contribution in [3.05, 3.63) is 0 Å². The number of nitrogens with two attached hydrogens (primary N) is 1. The van der Waals surface area contributed by atoms with Crippen molar-refractivity contribution in [3.8, 4) is 0 Å². The molecule has 50 valence electrons. The van der Waals surface area contributed by atoms with Crippen molar-refractivity contribution >= 4 is 42.6 Å². The van der Waals surface area contributed by atoms with Crippen LogP contribution in [0.5, 0.6) is 0 Å². The first kappa shape index (κ1) is 11.3. The molecule has 0 aliphatic carbocycles. The van der Waals surface area contributed by atoms with Crippen LogP contribution in [0.2, 0.25) is 0 Å². The normalized spacial score (nSPS) is 11.8. The molecule has 1 atom stereocenters. The summed E-state index contributed by atoms with van der Waals surface area (Å²) >= 11 is 3.65. The Labute approximate surface area is 70.1 Å². The maximum atomic E-state index is 9.76.